The van der Waals surface area contributed by atoms with Crippen LogP contribution in [0.3, 0.4) is 0 Å². The third-order valence-electron chi connectivity index (χ3n) is 5.50. The van der Waals surface area contributed by atoms with Crippen molar-refractivity contribution in [1.29, 1.82) is 0 Å². The number of benzene rings is 2. The Bertz CT molecular complexity index is 1200. The second kappa shape index (κ2) is 8.98. The minimum atomic E-state index is -1.58. The van der Waals surface area contributed by atoms with Crippen LogP contribution in [0.2, 0.25) is 5.02 Å². The molecular weight excluding hydrogens is 472 g/mol. The first-order valence-corrected chi connectivity index (χ1v) is 10.4. The molecule has 176 valence electrons. The van der Waals surface area contributed by atoms with Gasteiger partial charge in [-0.3, -0.25) is 34.4 Å². The monoisotopic (exact) mass is 488 g/mol. The number of halogens is 1. The average molecular weight is 489 g/mol. The number of nitrogens with zero attached hydrogens (tertiary/aromatic N) is 4. The first-order valence-electron chi connectivity index (χ1n) is 10.0. The van der Waals surface area contributed by atoms with Crippen LogP contribution in [0.4, 0.5) is 26.7 Å². The number of hydrogen-bond acceptors (Lipinski definition) is 7. The molecule has 34 heavy (non-hydrogen) atoms. The highest BCUT2D eigenvalue weighted by molar-refractivity contribution is 6.32. The van der Waals surface area contributed by atoms with Gasteiger partial charge in [0.25, 0.3) is 5.69 Å². The number of carboxylic acids is 1. The second-order valence-corrected chi connectivity index (χ2v) is 7.90. The number of amides is 4. The van der Waals surface area contributed by atoms with Crippen molar-refractivity contribution in [3.63, 3.8) is 0 Å². The van der Waals surface area contributed by atoms with E-state index in [9.17, 15) is 34.4 Å². The summed E-state index contributed by atoms with van der Waals surface area (Å²) < 4.78 is 4.90. The maximum absolute atomic E-state index is 13.2. The molecule has 2 aromatic carbocycles. The molecule has 2 aromatic rings. The van der Waals surface area contributed by atoms with Crippen LogP contribution in [-0.4, -0.2) is 58.6 Å². The molecule has 2 fully saturated rings. The minimum absolute atomic E-state index is 0.0203. The normalized spacial score (nSPS) is 18.3. The van der Waals surface area contributed by atoms with Gasteiger partial charge >= 0.3 is 18.1 Å². The number of imide groups is 1. The minimum Gasteiger partial charge on any atom is -0.481 e. The lowest BCUT2D eigenvalue weighted by molar-refractivity contribution is -0.385. The number of para-hydroxylation sites is 1. The van der Waals surface area contributed by atoms with Crippen LogP contribution in [0.5, 0.6) is 0 Å². The first-order chi connectivity index (χ1) is 16.2. The standard InChI is InChI=1S/C21H17ClN4O8/c22-16-3-1-2-12(17(16)26(32)33)10-25-18(27)15(19(28)29)11-24(20(25)30)14-6-4-13(5-7-14)23-8-9-34-21(23)31/h1-7,15H,8-11H2,(H,28,29). The molecule has 1 N–H and O–H groups in total. The molecule has 0 bridgehead atoms. The van der Waals surface area contributed by atoms with Crippen molar-refractivity contribution in [3.8, 4) is 0 Å². The Labute approximate surface area is 197 Å². The Morgan fingerprint density at radius 1 is 1.12 bits per heavy atom. The van der Waals surface area contributed by atoms with Gasteiger partial charge in [-0.05, 0) is 30.3 Å². The summed E-state index contributed by atoms with van der Waals surface area (Å²) in [5, 5.41) is 20.9. The molecule has 2 saturated heterocycles. The van der Waals surface area contributed by atoms with E-state index < -0.39 is 53.6 Å². The smallest absolute Gasteiger partial charge is 0.414 e. The van der Waals surface area contributed by atoms with E-state index in [0.717, 1.165) is 4.90 Å². The fraction of sp³-hybridized carbons (Fsp3) is 0.238. The Kier molecular flexibility index (Phi) is 6.07. The number of anilines is 2. The van der Waals surface area contributed by atoms with Gasteiger partial charge in [-0.25, -0.2) is 9.59 Å². The van der Waals surface area contributed by atoms with Crippen molar-refractivity contribution >= 4 is 52.7 Å². The predicted molar refractivity (Wildman–Crippen MR) is 118 cm³/mol. The van der Waals surface area contributed by atoms with Gasteiger partial charge < -0.3 is 9.84 Å². The molecular formula is C21H17ClN4O8. The van der Waals surface area contributed by atoms with E-state index in [-0.39, 0.29) is 22.9 Å². The van der Waals surface area contributed by atoms with Crippen LogP contribution in [0.25, 0.3) is 0 Å². The molecule has 4 amide bonds. The largest absolute Gasteiger partial charge is 0.481 e. The number of carboxylic acid groups (broad SMARTS) is 1. The van der Waals surface area contributed by atoms with Crippen LogP contribution in [0.15, 0.2) is 42.5 Å². The number of ether oxygens (including phenoxy) is 1. The molecule has 13 heteroatoms. The molecule has 12 nitrogen and oxygen atoms in total. The maximum atomic E-state index is 13.2. The summed E-state index contributed by atoms with van der Waals surface area (Å²) in [6.45, 7) is -0.348. The molecule has 4 rings (SSSR count). The molecule has 0 radical (unpaired) electrons. The van der Waals surface area contributed by atoms with Crippen molar-refractivity contribution in [2.24, 2.45) is 5.92 Å². The Morgan fingerprint density at radius 3 is 2.32 bits per heavy atom. The Morgan fingerprint density at radius 2 is 1.76 bits per heavy atom. The van der Waals surface area contributed by atoms with Crippen LogP contribution < -0.4 is 9.80 Å². The molecule has 0 saturated carbocycles. The molecule has 2 aliphatic rings. The molecule has 1 atom stereocenters. The van der Waals surface area contributed by atoms with Crippen molar-refractivity contribution < 1.29 is 33.9 Å². The highest BCUT2D eigenvalue weighted by Crippen LogP contribution is 2.32. The number of urea groups is 1. The van der Waals surface area contributed by atoms with Gasteiger partial charge in [0.05, 0.1) is 23.6 Å². The summed E-state index contributed by atoms with van der Waals surface area (Å²) in [7, 11) is 0. The van der Waals surface area contributed by atoms with Crippen molar-refractivity contribution in [2.75, 3.05) is 29.5 Å². The van der Waals surface area contributed by atoms with Gasteiger partial charge in [-0.15, -0.1) is 0 Å². The van der Waals surface area contributed by atoms with Crippen molar-refractivity contribution in [3.05, 3.63) is 63.2 Å². The topological polar surface area (TPSA) is 151 Å². The van der Waals surface area contributed by atoms with Gasteiger partial charge in [0.2, 0.25) is 5.91 Å². The lowest BCUT2D eigenvalue weighted by Crippen LogP contribution is -2.58. The maximum Gasteiger partial charge on any atom is 0.414 e. The molecule has 2 heterocycles. The van der Waals surface area contributed by atoms with E-state index in [1.165, 1.54) is 35.2 Å². The second-order valence-electron chi connectivity index (χ2n) is 7.50. The molecule has 0 spiro atoms. The molecule has 1 unspecified atom stereocenters. The summed E-state index contributed by atoms with van der Waals surface area (Å²) in [5.74, 6) is -4.01. The van der Waals surface area contributed by atoms with E-state index >= 15 is 0 Å². The van der Waals surface area contributed by atoms with Gasteiger partial charge in [0, 0.05) is 17.9 Å². The van der Waals surface area contributed by atoms with Crippen LogP contribution in [0, 0.1) is 16.0 Å². The third-order valence-corrected chi connectivity index (χ3v) is 5.81. The number of aliphatic carboxylic acids is 1. The zero-order valence-electron chi connectivity index (χ0n) is 17.4. The van der Waals surface area contributed by atoms with Gasteiger partial charge in [-0.1, -0.05) is 23.7 Å². The van der Waals surface area contributed by atoms with E-state index in [4.69, 9.17) is 16.3 Å². The number of cyclic esters (lactones) is 1. The van der Waals surface area contributed by atoms with Crippen LogP contribution in [0.1, 0.15) is 5.56 Å². The van der Waals surface area contributed by atoms with E-state index in [0.29, 0.717) is 17.1 Å². The summed E-state index contributed by atoms with van der Waals surface area (Å²) in [4.78, 5) is 63.5. The van der Waals surface area contributed by atoms with Crippen molar-refractivity contribution in [1.82, 2.24) is 4.90 Å². The van der Waals surface area contributed by atoms with E-state index in [2.05, 4.69) is 0 Å². The number of carbonyl (C=O) groups is 4. The summed E-state index contributed by atoms with van der Waals surface area (Å²) in [5.41, 5.74) is 0.308. The summed E-state index contributed by atoms with van der Waals surface area (Å²) in [6, 6.07) is 9.36. The fourth-order valence-corrected chi connectivity index (χ4v) is 4.08. The summed E-state index contributed by atoms with van der Waals surface area (Å²) >= 11 is 5.93. The lowest BCUT2D eigenvalue weighted by atomic mass is 10.0. The number of nitro benzene ring substituents is 1. The van der Waals surface area contributed by atoms with E-state index in [1.807, 2.05) is 0 Å². The lowest BCUT2D eigenvalue weighted by Gasteiger charge is -2.37. The first kappa shape index (κ1) is 23.0. The fourth-order valence-electron chi connectivity index (χ4n) is 3.81. The highest BCUT2D eigenvalue weighted by atomic mass is 35.5. The molecule has 0 aromatic heterocycles. The van der Waals surface area contributed by atoms with Crippen LogP contribution in [-0.2, 0) is 20.9 Å². The number of hydrogen-bond donors (Lipinski definition) is 1. The van der Waals surface area contributed by atoms with Gasteiger partial charge in [0.1, 0.15) is 11.6 Å². The van der Waals surface area contributed by atoms with E-state index in [1.54, 1.807) is 12.1 Å². The molecule has 0 aliphatic carbocycles. The quantitative estimate of drug-likeness (QED) is 0.370. The average Bonchev–Trinajstić information content (AvgIpc) is 3.22. The highest BCUT2D eigenvalue weighted by Gasteiger charge is 2.44. The van der Waals surface area contributed by atoms with Crippen molar-refractivity contribution in [2.45, 2.75) is 6.54 Å². The zero-order chi connectivity index (χ0) is 24.6. The number of nitro groups is 1. The van der Waals surface area contributed by atoms with Gasteiger partial charge in [-0.2, -0.15) is 0 Å². The zero-order valence-corrected chi connectivity index (χ0v) is 18.2. The van der Waals surface area contributed by atoms with Gasteiger partial charge in [0.15, 0.2) is 5.92 Å². The third kappa shape index (κ3) is 4.10. The number of rotatable bonds is 6. The summed E-state index contributed by atoms with van der Waals surface area (Å²) in [6.07, 6.45) is -0.507. The predicted octanol–water partition coefficient (Wildman–Crippen LogP) is 2.87. The Hall–Kier alpha value is -4.19. The Balaban J connectivity index is 1.66. The van der Waals surface area contributed by atoms with Crippen LogP contribution >= 0.6 is 11.6 Å². The number of carbonyl (C=O) groups excluding carboxylic acids is 3. The SMILES string of the molecule is O=C(O)C1CN(c2ccc(N3CCOC3=O)cc2)C(=O)N(Cc2cccc(Cl)c2[N+](=O)[O-])C1=O. The molecule has 2 aliphatic heterocycles.